The molecule has 0 spiro atoms. The number of nitrogens with zero attached hydrogens (tertiary/aromatic N) is 1. The fraction of sp³-hybridized carbons (Fsp3) is 0.417. The standard InChI is InChI=1S/C12H17ClN2/c1-8(2)10-5-4-9(3)11(6-10)15-12(14)7-13/h4-6,8H,7H2,1-3H3,(H2,14,15). The lowest BCUT2D eigenvalue weighted by Gasteiger charge is -2.08. The van der Waals surface area contributed by atoms with Crippen molar-refractivity contribution in [3.8, 4) is 0 Å². The van der Waals surface area contributed by atoms with Gasteiger partial charge in [0.1, 0.15) is 5.84 Å². The lowest BCUT2D eigenvalue weighted by atomic mass is 10.0. The van der Waals surface area contributed by atoms with Crippen LogP contribution in [0.15, 0.2) is 23.2 Å². The molecule has 0 aliphatic carbocycles. The van der Waals surface area contributed by atoms with Crippen molar-refractivity contribution in [2.75, 3.05) is 5.88 Å². The molecule has 0 heterocycles. The summed E-state index contributed by atoms with van der Waals surface area (Å²) < 4.78 is 0. The van der Waals surface area contributed by atoms with Crippen molar-refractivity contribution >= 4 is 23.1 Å². The van der Waals surface area contributed by atoms with Crippen LogP contribution in [0, 0.1) is 6.92 Å². The normalized spacial score (nSPS) is 12.2. The van der Waals surface area contributed by atoms with E-state index in [0.717, 1.165) is 11.3 Å². The van der Waals surface area contributed by atoms with Crippen LogP contribution in [0.1, 0.15) is 30.9 Å². The molecule has 1 rings (SSSR count). The lowest BCUT2D eigenvalue weighted by Crippen LogP contribution is -2.12. The van der Waals surface area contributed by atoms with Crippen LogP contribution in [-0.4, -0.2) is 11.7 Å². The van der Waals surface area contributed by atoms with Crippen LogP contribution in [0.4, 0.5) is 5.69 Å². The van der Waals surface area contributed by atoms with Gasteiger partial charge in [-0.3, -0.25) is 0 Å². The summed E-state index contributed by atoms with van der Waals surface area (Å²) in [5, 5.41) is 0. The average molecular weight is 225 g/mol. The van der Waals surface area contributed by atoms with Crippen molar-refractivity contribution in [2.45, 2.75) is 26.7 Å². The number of rotatable bonds is 3. The van der Waals surface area contributed by atoms with Crippen LogP contribution < -0.4 is 5.73 Å². The van der Waals surface area contributed by atoms with Crippen LogP contribution in [0.3, 0.4) is 0 Å². The lowest BCUT2D eigenvalue weighted by molar-refractivity contribution is 0.866. The molecule has 3 heteroatoms. The second-order valence-electron chi connectivity index (χ2n) is 3.94. The van der Waals surface area contributed by atoms with Gasteiger partial charge >= 0.3 is 0 Å². The number of aryl methyl sites for hydroxylation is 1. The number of nitrogens with two attached hydrogens (primary N) is 1. The Morgan fingerprint density at radius 3 is 2.67 bits per heavy atom. The Morgan fingerprint density at radius 1 is 1.47 bits per heavy atom. The molecule has 0 unspecified atom stereocenters. The van der Waals surface area contributed by atoms with Gasteiger partial charge in [-0.2, -0.15) is 0 Å². The molecule has 2 N–H and O–H groups in total. The number of hydrogen-bond donors (Lipinski definition) is 1. The van der Waals surface area contributed by atoms with E-state index < -0.39 is 0 Å². The summed E-state index contributed by atoms with van der Waals surface area (Å²) in [7, 11) is 0. The van der Waals surface area contributed by atoms with Gasteiger partial charge < -0.3 is 5.73 Å². The third-order valence-electron chi connectivity index (χ3n) is 2.30. The first kappa shape index (κ1) is 12.1. The number of amidine groups is 1. The van der Waals surface area contributed by atoms with Gasteiger partial charge in [-0.25, -0.2) is 4.99 Å². The van der Waals surface area contributed by atoms with E-state index in [2.05, 4.69) is 37.0 Å². The molecular weight excluding hydrogens is 208 g/mol. The zero-order valence-corrected chi connectivity index (χ0v) is 10.2. The van der Waals surface area contributed by atoms with Gasteiger partial charge in [0, 0.05) is 0 Å². The monoisotopic (exact) mass is 224 g/mol. The summed E-state index contributed by atoms with van der Waals surface area (Å²) in [5.41, 5.74) is 8.92. The fourth-order valence-corrected chi connectivity index (χ4v) is 1.35. The van der Waals surface area contributed by atoms with E-state index in [1.807, 2.05) is 6.92 Å². The molecule has 0 amide bonds. The molecule has 1 aromatic rings. The van der Waals surface area contributed by atoms with E-state index in [-0.39, 0.29) is 5.88 Å². The molecule has 0 bridgehead atoms. The Hall–Kier alpha value is -1.02. The highest BCUT2D eigenvalue weighted by atomic mass is 35.5. The van der Waals surface area contributed by atoms with E-state index >= 15 is 0 Å². The average Bonchev–Trinajstić information content (AvgIpc) is 2.20. The molecule has 0 aromatic heterocycles. The molecule has 15 heavy (non-hydrogen) atoms. The second-order valence-corrected chi connectivity index (χ2v) is 4.20. The van der Waals surface area contributed by atoms with Crippen LogP contribution in [0.25, 0.3) is 0 Å². The molecule has 0 saturated heterocycles. The molecule has 0 saturated carbocycles. The zero-order chi connectivity index (χ0) is 11.4. The van der Waals surface area contributed by atoms with E-state index in [4.69, 9.17) is 17.3 Å². The minimum Gasteiger partial charge on any atom is -0.386 e. The predicted octanol–water partition coefficient (Wildman–Crippen LogP) is 3.35. The van der Waals surface area contributed by atoms with Crippen molar-refractivity contribution in [1.82, 2.24) is 0 Å². The van der Waals surface area contributed by atoms with Crippen molar-refractivity contribution in [3.05, 3.63) is 29.3 Å². The topological polar surface area (TPSA) is 38.4 Å². The van der Waals surface area contributed by atoms with Gasteiger partial charge in [0.15, 0.2) is 0 Å². The third-order valence-corrected chi connectivity index (χ3v) is 2.57. The second kappa shape index (κ2) is 5.17. The largest absolute Gasteiger partial charge is 0.386 e. The maximum atomic E-state index is 5.62. The molecule has 0 radical (unpaired) electrons. The summed E-state index contributed by atoms with van der Waals surface area (Å²) in [4.78, 5) is 4.28. The highest BCUT2D eigenvalue weighted by Crippen LogP contribution is 2.24. The van der Waals surface area contributed by atoms with Crippen LogP contribution in [0.5, 0.6) is 0 Å². The van der Waals surface area contributed by atoms with Gasteiger partial charge in [0.25, 0.3) is 0 Å². The van der Waals surface area contributed by atoms with Crippen LogP contribution in [-0.2, 0) is 0 Å². The summed E-state index contributed by atoms with van der Waals surface area (Å²) in [6.07, 6.45) is 0. The summed E-state index contributed by atoms with van der Waals surface area (Å²) in [6, 6.07) is 6.25. The molecule has 2 nitrogen and oxygen atoms in total. The quantitative estimate of drug-likeness (QED) is 0.477. The number of hydrogen-bond acceptors (Lipinski definition) is 1. The third kappa shape index (κ3) is 3.24. The first-order chi connectivity index (χ1) is 7.04. The van der Waals surface area contributed by atoms with E-state index in [9.17, 15) is 0 Å². The molecule has 82 valence electrons. The van der Waals surface area contributed by atoms with Crippen molar-refractivity contribution in [2.24, 2.45) is 10.7 Å². The van der Waals surface area contributed by atoms with Gasteiger partial charge in [-0.15, -0.1) is 11.6 Å². The van der Waals surface area contributed by atoms with Gasteiger partial charge in [-0.1, -0.05) is 26.0 Å². The van der Waals surface area contributed by atoms with Crippen LogP contribution in [0.2, 0.25) is 0 Å². The Morgan fingerprint density at radius 2 is 2.13 bits per heavy atom. The fourth-order valence-electron chi connectivity index (χ4n) is 1.29. The van der Waals surface area contributed by atoms with E-state index in [1.54, 1.807) is 0 Å². The Labute approximate surface area is 96.2 Å². The van der Waals surface area contributed by atoms with Gasteiger partial charge in [0.05, 0.1) is 11.6 Å². The van der Waals surface area contributed by atoms with Crippen molar-refractivity contribution in [3.63, 3.8) is 0 Å². The van der Waals surface area contributed by atoms with Gasteiger partial charge in [0.2, 0.25) is 0 Å². The summed E-state index contributed by atoms with van der Waals surface area (Å²) >= 11 is 5.60. The van der Waals surface area contributed by atoms with Crippen molar-refractivity contribution in [1.29, 1.82) is 0 Å². The maximum Gasteiger partial charge on any atom is 0.115 e. The summed E-state index contributed by atoms with van der Waals surface area (Å²) in [5.74, 6) is 1.23. The molecule has 1 aromatic carbocycles. The minimum atomic E-state index is 0.269. The van der Waals surface area contributed by atoms with E-state index in [0.29, 0.717) is 11.8 Å². The first-order valence-electron chi connectivity index (χ1n) is 5.04. The van der Waals surface area contributed by atoms with Crippen LogP contribution >= 0.6 is 11.6 Å². The SMILES string of the molecule is Cc1ccc(C(C)C)cc1N=C(N)CCl. The smallest absolute Gasteiger partial charge is 0.115 e. The summed E-state index contributed by atoms with van der Waals surface area (Å²) in [6.45, 7) is 6.33. The predicted molar refractivity (Wildman–Crippen MR) is 67.3 cm³/mol. The Kier molecular flexibility index (Phi) is 4.15. The Balaban J connectivity index is 3.11. The van der Waals surface area contributed by atoms with E-state index in [1.165, 1.54) is 5.56 Å². The molecule has 0 fully saturated rings. The number of halogens is 1. The molecule has 0 aliphatic heterocycles. The number of benzene rings is 1. The molecular formula is C12H17ClN2. The van der Waals surface area contributed by atoms with Crippen molar-refractivity contribution < 1.29 is 0 Å². The Bertz CT molecular complexity index is 370. The zero-order valence-electron chi connectivity index (χ0n) is 9.42. The highest BCUT2D eigenvalue weighted by molar-refractivity contribution is 6.28. The van der Waals surface area contributed by atoms with Gasteiger partial charge in [-0.05, 0) is 30.0 Å². The number of aliphatic imine (C=N–C) groups is 1. The maximum absolute atomic E-state index is 5.62. The first-order valence-corrected chi connectivity index (χ1v) is 5.57. The minimum absolute atomic E-state index is 0.269. The number of alkyl halides is 1. The molecule has 0 atom stereocenters. The molecule has 0 aliphatic rings. The highest BCUT2D eigenvalue weighted by Gasteiger charge is 2.03.